The van der Waals surface area contributed by atoms with Gasteiger partial charge in [0.1, 0.15) is 22.9 Å². The number of amides is 1. The van der Waals surface area contributed by atoms with Crippen molar-refractivity contribution in [1.29, 1.82) is 0 Å². The van der Waals surface area contributed by atoms with Gasteiger partial charge in [-0.2, -0.15) is 4.98 Å². The predicted octanol–water partition coefficient (Wildman–Crippen LogP) is 4.44. The van der Waals surface area contributed by atoms with Gasteiger partial charge >= 0.3 is 0 Å². The molecular formula is C21H18FN3O4. The number of benzene rings is 2. The number of aromatic nitrogens is 2. The van der Waals surface area contributed by atoms with Crippen LogP contribution in [0, 0.1) is 5.82 Å². The van der Waals surface area contributed by atoms with Crippen LogP contribution in [0.4, 0.5) is 4.39 Å². The zero-order valence-corrected chi connectivity index (χ0v) is 16.0. The van der Waals surface area contributed by atoms with Crippen molar-refractivity contribution in [2.75, 3.05) is 7.05 Å². The van der Waals surface area contributed by atoms with E-state index in [-0.39, 0.29) is 17.8 Å². The number of carbonyl (C=O) groups is 1. The fourth-order valence-electron chi connectivity index (χ4n) is 3.09. The van der Waals surface area contributed by atoms with Gasteiger partial charge in [-0.25, -0.2) is 4.39 Å². The van der Waals surface area contributed by atoms with Gasteiger partial charge in [0.05, 0.1) is 17.2 Å². The van der Waals surface area contributed by atoms with E-state index in [1.807, 2.05) is 13.8 Å². The van der Waals surface area contributed by atoms with Crippen molar-refractivity contribution in [3.63, 3.8) is 0 Å². The van der Waals surface area contributed by atoms with Crippen LogP contribution in [0.5, 0.6) is 5.75 Å². The van der Waals surface area contributed by atoms with Crippen LogP contribution in [0.2, 0.25) is 0 Å². The minimum atomic E-state index is -0.377. The molecule has 0 bridgehead atoms. The van der Waals surface area contributed by atoms with Crippen LogP contribution < -0.4 is 10.1 Å². The van der Waals surface area contributed by atoms with Crippen molar-refractivity contribution < 1.29 is 22.9 Å². The molecule has 2 heterocycles. The fourth-order valence-corrected chi connectivity index (χ4v) is 3.09. The summed E-state index contributed by atoms with van der Waals surface area (Å²) >= 11 is 0. The minimum absolute atomic E-state index is 0.120. The Kier molecular flexibility index (Phi) is 4.75. The summed E-state index contributed by atoms with van der Waals surface area (Å²) in [5, 5.41) is 7.07. The maximum Gasteiger partial charge on any atom is 0.255 e. The second-order valence-corrected chi connectivity index (χ2v) is 6.66. The number of halogens is 1. The zero-order valence-electron chi connectivity index (χ0n) is 16.0. The highest BCUT2D eigenvalue weighted by molar-refractivity contribution is 6.12. The molecule has 7 nitrogen and oxygen atoms in total. The Morgan fingerprint density at radius 3 is 2.59 bits per heavy atom. The molecule has 2 aromatic carbocycles. The summed E-state index contributed by atoms with van der Waals surface area (Å²) in [6.07, 6.45) is 1.10. The van der Waals surface area contributed by atoms with E-state index in [2.05, 4.69) is 15.5 Å². The maximum absolute atomic E-state index is 13.4. The first kappa shape index (κ1) is 18.7. The number of fused-ring (bicyclic) bond motifs is 1. The van der Waals surface area contributed by atoms with E-state index in [1.165, 1.54) is 25.6 Å². The Morgan fingerprint density at radius 1 is 1.21 bits per heavy atom. The molecule has 0 saturated carbocycles. The van der Waals surface area contributed by atoms with E-state index in [4.69, 9.17) is 13.7 Å². The lowest BCUT2D eigenvalue weighted by Gasteiger charge is -2.13. The molecule has 29 heavy (non-hydrogen) atoms. The van der Waals surface area contributed by atoms with Crippen LogP contribution in [-0.2, 0) is 0 Å². The monoisotopic (exact) mass is 395 g/mol. The minimum Gasteiger partial charge on any atom is -0.490 e. The van der Waals surface area contributed by atoms with Gasteiger partial charge in [0.2, 0.25) is 12.2 Å². The number of nitrogens with one attached hydrogen (secondary N) is 1. The third-order valence-corrected chi connectivity index (χ3v) is 4.32. The van der Waals surface area contributed by atoms with Gasteiger partial charge in [-0.05, 0) is 50.2 Å². The van der Waals surface area contributed by atoms with Gasteiger partial charge in [0.25, 0.3) is 5.91 Å². The Balaban J connectivity index is 2.00. The number of hydrogen-bond acceptors (Lipinski definition) is 6. The molecule has 0 unspecified atom stereocenters. The average molecular weight is 395 g/mol. The third kappa shape index (κ3) is 3.44. The molecular weight excluding hydrogens is 377 g/mol. The van der Waals surface area contributed by atoms with Gasteiger partial charge in [-0.15, -0.1) is 0 Å². The second-order valence-electron chi connectivity index (χ2n) is 6.66. The molecule has 8 heteroatoms. The van der Waals surface area contributed by atoms with Crippen molar-refractivity contribution in [3.8, 4) is 28.5 Å². The van der Waals surface area contributed by atoms with Crippen LogP contribution in [0.1, 0.15) is 24.2 Å². The summed E-state index contributed by atoms with van der Waals surface area (Å²) in [5.74, 6) is 0.457. The molecule has 4 aromatic rings. The molecule has 2 aromatic heterocycles. The van der Waals surface area contributed by atoms with E-state index in [0.29, 0.717) is 45.0 Å². The summed E-state index contributed by atoms with van der Waals surface area (Å²) < 4.78 is 30.2. The highest BCUT2D eigenvalue weighted by atomic mass is 19.1. The lowest BCUT2D eigenvalue weighted by atomic mass is 10.0. The smallest absolute Gasteiger partial charge is 0.255 e. The molecule has 0 fully saturated rings. The van der Waals surface area contributed by atoms with E-state index in [0.717, 1.165) is 0 Å². The number of nitrogens with zero attached hydrogens (tertiary/aromatic N) is 2. The van der Waals surface area contributed by atoms with E-state index in [1.54, 1.807) is 24.3 Å². The molecule has 0 radical (unpaired) electrons. The molecule has 0 spiro atoms. The van der Waals surface area contributed by atoms with Crippen LogP contribution in [0.3, 0.4) is 0 Å². The van der Waals surface area contributed by atoms with Crippen molar-refractivity contribution in [3.05, 3.63) is 54.2 Å². The molecule has 0 saturated heterocycles. The topological polar surface area (TPSA) is 90.4 Å². The lowest BCUT2D eigenvalue weighted by Crippen LogP contribution is -2.18. The summed E-state index contributed by atoms with van der Waals surface area (Å²) in [6.45, 7) is 3.78. The first-order valence-electron chi connectivity index (χ1n) is 9.00. The molecule has 0 aliphatic heterocycles. The van der Waals surface area contributed by atoms with E-state index in [9.17, 15) is 9.18 Å². The van der Waals surface area contributed by atoms with Crippen molar-refractivity contribution in [2.24, 2.45) is 0 Å². The Labute approximate surface area is 165 Å². The van der Waals surface area contributed by atoms with E-state index < -0.39 is 0 Å². The molecule has 148 valence electrons. The highest BCUT2D eigenvalue weighted by Gasteiger charge is 2.25. The van der Waals surface area contributed by atoms with Crippen molar-refractivity contribution in [1.82, 2.24) is 15.5 Å². The summed E-state index contributed by atoms with van der Waals surface area (Å²) in [5.41, 5.74) is 1.93. The third-order valence-electron chi connectivity index (χ3n) is 4.32. The number of ether oxygens (including phenoxy) is 1. The SMILES string of the molecule is CNC(=O)c1c(-c2ccc(F)cc2)oc2cc(-c3ncon3)c(OC(C)C)cc12. The lowest BCUT2D eigenvalue weighted by molar-refractivity contribution is 0.0964. The highest BCUT2D eigenvalue weighted by Crippen LogP contribution is 2.40. The standard InChI is InChI=1S/C21H18FN3O4/c1-11(2)28-17-8-14-16(9-15(17)20-24-10-27-25-20)29-19(18(14)21(26)23-3)12-4-6-13(22)7-5-12/h4-11H,1-3H3,(H,23,26). The normalized spacial score (nSPS) is 11.2. The molecule has 0 aliphatic rings. The largest absolute Gasteiger partial charge is 0.490 e. The Morgan fingerprint density at radius 2 is 1.97 bits per heavy atom. The van der Waals surface area contributed by atoms with Gasteiger partial charge in [0.15, 0.2) is 0 Å². The molecule has 1 amide bonds. The van der Waals surface area contributed by atoms with Crippen LogP contribution >= 0.6 is 0 Å². The van der Waals surface area contributed by atoms with Gasteiger partial charge < -0.3 is 19.0 Å². The van der Waals surface area contributed by atoms with Gasteiger partial charge in [-0.3, -0.25) is 4.79 Å². The first-order chi connectivity index (χ1) is 14.0. The van der Waals surface area contributed by atoms with Crippen LogP contribution in [-0.4, -0.2) is 29.2 Å². The molecule has 4 rings (SSSR count). The van der Waals surface area contributed by atoms with Gasteiger partial charge in [0, 0.05) is 18.0 Å². The number of rotatable bonds is 5. The fraction of sp³-hybridized carbons (Fsp3) is 0.190. The summed E-state index contributed by atoms with van der Waals surface area (Å²) in [6, 6.07) is 9.18. The number of carbonyl (C=O) groups excluding carboxylic acids is 1. The predicted molar refractivity (Wildman–Crippen MR) is 104 cm³/mol. The molecule has 1 N–H and O–H groups in total. The molecule has 0 atom stereocenters. The zero-order chi connectivity index (χ0) is 20.5. The van der Waals surface area contributed by atoms with Gasteiger partial charge in [-0.1, -0.05) is 5.16 Å². The summed E-state index contributed by atoms with van der Waals surface area (Å²) in [4.78, 5) is 16.8. The maximum atomic E-state index is 13.4. The molecule has 0 aliphatic carbocycles. The van der Waals surface area contributed by atoms with Crippen LogP contribution in [0.25, 0.3) is 33.7 Å². The second kappa shape index (κ2) is 7.38. The average Bonchev–Trinajstić information content (AvgIpc) is 3.34. The number of furan rings is 1. The van der Waals surface area contributed by atoms with Crippen molar-refractivity contribution in [2.45, 2.75) is 20.0 Å². The quantitative estimate of drug-likeness (QED) is 0.537. The first-order valence-corrected chi connectivity index (χ1v) is 9.00. The Bertz CT molecular complexity index is 1170. The van der Waals surface area contributed by atoms with Crippen molar-refractivity contribution >= 4 is 16.9 Å². The summed E-state index contributed by atoms with van der Waals surface area (Å²) in [7, 11) is 1.54. The van der Waals surface area contributed by atoms with Crippen LogP contribution in [0.15, 0.2) is 51.7 Å². The Hall–Kier alpha value is -3.68. The number of hydrogen-bond donors (Lipinski definition) is 1. The van der Waals surface area contributed by atoms with E-state index >= 15 is 0 Å².